The van der Waals surface area contributed by atoms with Crippen LogP contribution in [0.5, 0.6) is 0 Å². The van der Waals surface area contributed by atoms with Crippen LogP contribution in [-0.2, 0) is 16.6 Å². The molecule has 0 atom stereocenters. The Morgan fingerprint density at radius 2 is 1.57 bits per heavy atom. The van der Waals surface area contributed by atoms with Crippen LogP contribution in [0, 0.1) is 0 Å². The van der Waals surface area contributed by atoms with Crippen molar-refractivity contribution in [2.24, 2.45) is 0 Å². The molecular weight excluding hydrogens is 419 g/mol. The van der Waals surface area contributed by atoms with E-state index in [1.807, 2.05) is 4.90 Å². The van der Waals surface area contributed by atoms with Crippen LogP contribution in [0.1, 0.15) is 35.2 Å². The van der Waals surface area contributed by atoms with Gasteiger partial charge in [-0.15, -0.1) is 0 Å². The van der Waals surface area contributed by atoms with Crippen LogP contribution in [0.15, 0.2) is 42.5 Å². The van der Waals surface area contributed by atoms with Gasteiger partial charge in [-0.05, 0) is 55.2 Å². The number of nitrogens with zero attached hydrogens (tertiary/aromatic N) is 2. The highest BCUT2D eigenvalue weighted by Gasteiger charge is 2.21. The Balaban J connectivity index is 1.81. The largest absolute Gasteiger partial charge is 0.339 e. The lowest BCUT2D eigenvalue weighted by Gasteiger charge is -2.27. The zero-order valence-electron chi connectivity index (χ0n) is 15.6. The first-order valence-electron chi connectivity index (χ1n) is 9.06. The first-order valence-corrected chi connectivity index (χ1v) is 11.7. The molecule has 0 radical (unpaired) electrons. The van der Waals surface area contributed by atoms with E-state index in [0.29, 0.717) is 21.3 Å². The summed E-state index contributed by atoms with van der Waals surface area (Å²) in [4.78, 5) is 14.4. The first kappa shape index (κ1) is 21.0. The summed E-state index contributed by atoms with van der Waals surface area (Å²) in [6.07, 6.45) is 4.37. The Morgan fingerprint density at radius 1 is 1.00 bits per heavy atom. The molecule has 0 aromatic heterocycles. The van der Waals surface area contributed by atoms with Crippen molar-refractivity contribution in [3.63, 3.8) is 0 Å². The third-order valence-corrected chi connectivity index (χ3v) is 6.28. The van der Waals surface area contributed by atoms with Crippen molar-refractivity contribution in [1.29, 1.82) is 0 Å². The van der Waals surface area contributed by atoms with Crippen LogP contribution < -0.4 is 4.31 Å². The lowest BCUT2D eigenvalue weighted by Crippen LogP contribution is -2.35. The molecule has 1 amide bonds. The summed E-state index contributed by atoms with van der Waals surface area (Å²) in [5, 5.41) is 0.720. The third-order valence-electron chi connectivity index (χ3n) is 4.71. The summed E-state index contributed by atoms with van der Waals surface area (Å²) < 4.78 is 25.9. The number of carbonyl (C=O) groups is 1. The topological polar surface area (TPSA) is 57.7 Å². The van der Waals surface area contributed by atoms with E-state index in [0.717, 1.165) is 44.2 Å². The molecule has 0 N–H and O–H groups in total. The first-order chi connectivity index (χ1) is 13.2. The molecule has 0 spiro atoms. The SMILES string of the molecule is CS(=O)(=O)N(Cc1ccc(C(=O)N2CCCCC2)cc1)c1cc(Cl)cc(Cl)c1. The van der Waals surface area contributed by atoms with Gasteiger partial charge >= 0.3 is 0 Å². The van der Waals surface area contributed by atoms with Gasteiger partial charge < -0.3 is 4.90 Å². The third kappa shape index (κ3) is 5.19. The number of halogens is 2. The second-order valence-corrected chi connectivity index (χ2v) is 9.73. The minimum Gasteiger partial charge on any atom is -0.339 e. The molecule has 0 bridgehead atoms. The second kappa shape index (κ2) is 8.72. The maximum Gasteiger partial charge on any atom is 0.253 e. The van der Waals surface area contributed by atoms with E-state index in [9.17, 15) is 13.2 Å². The lowest BCUT2D eigenvalue weighted by atomic mass is 10.1. The van der Waals surface area contributed by atoms with E-state index in [2.05, 4.69) is 0 Å². The molecule has 0 aliphatic carbocycles. The van der Waals surface area contributed by atoms with Gasteiger partial charge in [0.05, 0.1) is 18.5 Å². The Hall–Kier alpha value is -1.76. The van der Waals surface area contributed by atoms with Crippen LogP contribution in [0.25, 0.3) is 0 Å². The summed E-state index contributed by atoms with van der Waals surface area (Å²) in [5.41, 5.74) is 1.77. The number of sulfonamides is 1. The van der Waals surface area contributed by atoms with Crippen LogP contribution in [-0.4, -0.2) is 38.6 Å². The van der Waals surface area contributed by atoms with E-state index in [-0.39, 0.29) is 12.5 Å². The lowest BCUT2D eigenvalue weighted by molar-refractivity contribution is 0.0724. The monoisotopic (exact) mass is 440 g/mol. The minimum absolute atomic E-state index is 0.0212. The highest BCUT2D eigenvalue weighted by Crippen LogP contribution is 2.28. The zero-order valence-corrected chi connectivity index (χ0v) is 17.9. The Labute approximate surface area is 175 Å². The molecule has 0 unspecified atom stereocenters. The molecule has 1 aliphatic heterocycles. The van der Waals surface area contributed by atoms with Crippen molar-refractivity contribution in [2.75, 3.05) is 23.7 Å². The number of carbonyl (C=O) groups excluding carboxylic acids is 1. The summed E-state index contributed by atoms with van der Waals surface area (Å²) in [6.45, 7) is 1.70. The smallest absolute Gasteiger partial charge is 0.253 e. The number of hydrogen-bond donors (Lipinski definition) is 0. The van der Waals surface area contributed by atoms with Crippen molar-refractivity contribution in [2.45, 2.75) is 25.8 Å². The summed E-state index contributed by atoms with van der Waals surface area (Å²) >= 11 is 12.1. The molecule has 1 saturated heterocycles. The highest BCUT2D eigenvalue weighted by atomic mass is 35.5. The maximum atomic E-state index is 12.6. The number of piperidine rings is 1. The summed E-state index contributed by atoms with van der Waals surface area (Å²) in [6, 6.07) is 11.7. The van der Waals surface area contributed by atoms with E-state index in [1.165, 1.54) is 4.31 Å². The molecule has 2 aromatic rings. The van der Waals surface area contributed by atoms with Crippen molar-refractivity contribution < 1.29 is 13.2 Å². The molecule has 5 nitrogen and oxygen atoms in total. The molecule has 8 heteroatoms. The van der Waals surface area contributed by atoms with Gasteiger partial charge in [-0.1, -0.05) is 35.3 Å². The van der Waals surface area contributed by atoms with Crippen LogP contribution in [0.4, 0.5) is 5.69 Å². The van der Waals surface area contributed by atoms with E-state index < -0.39 is 10.0 Å². The number of likely N-dealkylation sites (tertiary alicyclic amines) is 1. The summed E-state index contributed by atoms with van der Waals surface area (Å²) in [7, 11) is -3.55. The van der Waals surface area contributed by atoms with Crippen molar-refractivity contribution in [3.8, 4) is 0 Å². The average Bonchev–Trinajstić information content (AvgIpc) is 2.65. The number of hydrogen-bond acceptors (Lipinski definition) is 3. The second-order valence-electron chi connectivity index (χ2n) is 6.95. The van der Waals surface area contributed by atoms with Gasteiger partial charge in [0.15, 0.2) is 0 Å². The van der Waals surface area contributed by atoms with Crippen LogP contribution >= 0.6 is 23.2 Å². The quantitative estimate of drug-likeness (QED) is 0.682. The van der Waals surface area contributed by atoms with Gasteiger partial charge in [-0.25, -0.2) is 8.42 Å². The molecule has 0 saturated carbocycles. The van der Waals surface area contributed by atoms with Crippen molar-refractivity contribution in [3.05, 3.63) is 63.6 Å². The summed E-state index contributed by atoms with van der Waals surface area (Å²) in [5.74, 6) is 0.0212. The number of rotatable bonds is 5. The Bertz CT molecular complexity index is 936. The van der Waals surface area contributed by atoms with Crippen LogP contribution in [0.3, 0.4) is 0 Å². The molecule has 2 aromatic carbocycles. The fourth-order valence-electron chi connectivity index (χ4n) is 3.28. The predicted molar refractivity (Wildman–Crippen MR) is 114 cm³/mol. The minimum atomic E-state index is -3.55. The van der Waals surface area contributed by atoms with E-state index in [1.54, 1.807) is 42.5 Å². The zero-order chi connectivity index (χ0) is 20.3. The van der Waals surface area contributed by atoms with Crippen molar-refractivity contribution in [1.82, 2.24) is 4.90 Å². The van der Waals surface area contributed by atoms with Gasteiger partial charge in [0, 0.05) is 28.7 Å². The molecule has 1 fully saturated rings. The van der Waals surface area contributed by atoms with Crippen molar-refractivity contribution >= 4 is 44.8 Å². The predicted octanol–water partition coefficient (Wildman–Crippen LogP) is 4.59. The Kier molecular flexibility index (Phi) is 6.53. The van der Waals surface area contributed by atoms with Gasteiger partial charge in [0.1, 0.15) is 0 Å². The number of amides is 1. The molecule has 150 valence electrons. The fourth-order valence-corrected chi connectivity index (χ4v) is 4.67. The molecule has 1 heterocycles. The van der Waals surface area contributed by atoms with Gasteiger partial charge in [-0.3, -0.25) is 9.10 Å². The highest BCUT2D eigenvalue weighted by molar-refractivity contribution is 7.92. The van der Waals surface area contributed by atoms with Gasteiger partial charge in [-0.2, -0.15) is 0 Å². The fraction of sp³-hybridized carbons (Fsp3) is 0.350. The molecule has 28 heavy (non-hydrogen) atoms. The molecule has 1 aliphatic rings. The van der Waals surface area contributed by atoms with Gasteiger partial charge in [0.25, 0.3) is 5.91 Å². The standard InChI is InChI=1S/C20H22Cl2N2O3S/c1-28(26,27)24(19-12-17(21)11-18(22)13-19)14-15-5-7-16(8-6-15)20(25)23-9-3-2-4-10-23/h5-8,11-13H,2-4,9-10,14H2,1H3. The normalized spacial score (nSPS) is 14.8. The van der Waals surface area contributed by atoms with Crippen LogP contribution in [0.2, 0.25) is 10.0 Å². The molecule has 3 rings (SSSR count). The Morgan fingerprint density at radius 3 is 2.11 bits per heavy atom. The molecular formula is C20H22Cl2N2O3S. The van der Waals surface area contributed by atoms with Gasteiger partial charge in [0.2, 0.25) is 10.0 Å². The number of anilines is 1. The average molecular weight is 441 g/mol. The maximum absolute atomic E-state index is 12.6. The number of benzene rings is 2. The van der Waals surface area contributed by atoms with E-state index in [4.69, 9.17) is 23.2 Å². The van der Waals surface area contributed by atoms with E-state index >= 15 is 0 Å².